The molecule has 1 aromatic rings. The number of benzene rings is 1. The van der Waals surface area contributed by atoms with Gasteiger partial charge in [-0.15, -0.1) is 11.8 Å². The zero-order chi connectivity index (χ0) is 13.5. The molecule has 0 aliphatic heterocycles. The summed E-state index contributed by atoms with van der Waals surface area (Å²) in [6.07, 6.45) is 8.48. The van der Waals surface area contributed by atoms with E-state index in [9.17, 15) is 0 Å². The van der Waals surface area contributed by atoms with Crippen LogP contribution in [0.5, 0.6) is 0 Å². The van der Waals surface area contributed by atoms with Gasteiger partial charge in [-0.25, -0.2) is 0 Å². The van der Waals surface area contributed by atoms with Crippen LogP contribution < -0.4 is 0 Å². The molecule has 3 aliphatic carbocycles. The molecule has 0 aromatic heterocycles. The fourth-order valence-electron chi connectivity index (χ4n) is 3.72. The largest absolute Gasteiger partial charge is 0.119 e. The summed E-state index contributed by atoms with van der Waals surface area (Å²) in [6, 6.07) is 8.40. The minimum absolute atomic E-state index is 0.459. The number of rotatable bonds is 6. The summed E-state index contributed by atoms with van der Waals surface area (Å²) in [6.45, 7) is 2.29. The molecule has 0 N–H and O–H groups in total. The SMILES string of the molecule is CCCCC12CC(Sc3ccc(C(=S)Cl)cc3)(C1)C2. The Balaban J connectivity index is 1.56. The maximum absolute atomic E-state index is 5.83. The Hall–Kier alpha value is -0.0500. The molecule has 0 atom stereocenters. The second kappa shape index (κ2) is 5.05. The number of unbranched alkanes of at least 4 members (excludes halogenated alkanes) is 1. The van der Waals surface area contributed by atoms with Gasteiger partial charge in [-0.05, 0) is 43.2 Å². The zero-order valence-corrected chi connectivity index (χ0v) is 13.6. The van der Waals surface area contributed by atoms with Crippen LogP contribution in [0.4, 0.5) is 0 Å². The van der Waals surface area contributed by atoms with Gasteiger partial charge < -0.3 is 0 Å². The van der Waals surface area contributed by atoms with Gasteiger partial charge in [-0.2, -0.15) is 0 Å². The van der Waals surface area contributed by atoms with Crippen molar-refractivity contribution >= 4 is 39.9 Å². The van der Waals surface area contributed by atoms with Crippen LogP contribution in [0.1, 0.15) is 51.0 Å². The van der Waals surface area contributed by atoms with E-state index in [0.717, 1.165) is 11.0 Å². The normalized spacial score (nSPS) is 31.5. The van der Waals surface area contributed by atoms with Gasteiger partial charge in [0.1, 0.15) is 4.32 Å². The van der Waals surface area contributed by atoms with Crippen molar-refractivity contribution in [1.29, 1.82) is 0 Å². The highest BCUT2D eigenvalue weighted by molar-refractivity contribution is 8.00. The molecule has 0 heterocycles. The molecule has 0 radical (unpaired) electrons. The van der Waals surface area contributed by atoms with Crippen molar-refractivity contribution in [2.45, 2.75) is 55.1 Å². The van der Waals surface area contributed by atoms with E-state index in [-0.39, 0.29) is 0 Å². The predicted octanol–water partition coefficient (Wildman–Crippen LogP) is 5.81. The molecule has 19 heavy (non-hydrogen) atoms. The average Bonchev–Trinajstić information content (AvgIpc) is 2.31. The van der Waals surface area contributed by atoms with Crippen LogP contribution >= 0.6 is 35.6 Å². The Kier molecular flexibility index (Phi) is 3.70. The number of hydrogen-bond donors (Lipinski definition) is 0. The van der Waals surface area contributed by atoms with E-state index < -0.39 is 0 Å². The molecule has 4 rings (SSSR count). The Labute approximate surface area is 130 Å². The smallest absolute Gasteiger partial charge is 0.111 e. The third-order valence-electron chi connectivity index (χ3n) is 4.57. The molecule has 0 spiro atoms. The molecule has 3 heteroatoms. The molecule has 3 aliphatic rings. The van der Waals surface area contributed by atoms with Crippen LogP contribution in [-0.4, -0.2) is 9.07 Å². The van der Waals surface area contributed by atoms with Crippen LogP contribution in [0.25, 0.3) is 0 Å². The van der Waals surface area contributed by atoms with E-state index in [4.69, 9.17) is 23.8 Å². The van der Waals surface area contributed by atoms with Crippen LogP contribution in [-0.2, 0) is 0 Å². The van der Waals surface area contributed by atoms with Gasteiger partial charge in [-0.1, -0.05) is 55.7 Å². The summed E-state index contributed by atoms with van der Waals surface area (Å²) >= 11 is 12.9. The van der Waals surface area contributed by atoms with Crippen LogP contribution in [0.15, 0.2) is 29.2 Å². The van der Waals surface area contributed by atoms with E-state index in [1.165, 1.54) is 43.4 Å². The van der Waals surface area contributed by atoms with Gasteiger partial charge in [-0.3, -0.25) is 0 Å². The summed E-state index contributed by atoms with van der Waals surface area (Å²) in [5.74, 6) is 0. The quantitative estimate of drug-likeness (QED) is 0.480. The van der Waals surface area contributed by atoms with E-state index in [0.29, 0.717) is 9.07 Å². The molecule has 3 saturated carbocycles. The highest BCUT2D eigenvalue weighted by Gasteiger charge is 2.67. The van der Waals surface area contributed by atoms with Crippen molar-refractivity contribution in [1.82, 2.24) is 0 Å². The van der Waals surface area contributed by atoms with Crippen molar-refractivity contribution in [2.75, 3.05) is 0 Å². The second-order valence-electron chi connectivity index (χ2n) is 6.22. The second-order valence-corrected chi connectivity index (χ2v) is 8.77. The molecule has 0 unspecified atom stereocenters. The monoisotopic (exact) mass is 310 g/mol. The van der Waals surface area contributed by atoms with Crippen LogP contribution in [0, 0.1) is 5.41 Å². The zero-order valence-electron chi connectivity index (χ0n) is 11.2. The molecule has 2 bridgehead atoms. The Bertz CT molecular complexity index is 472. The average molecular weight is 311 g/mol. The summed E-state index contributed by atoms with van der Waals surface area (Å²) in [5, 5.41) is 0. The van der Waals surface area contributed by atoms with E-state index in [1.807, 2.05) is 12.1 Å². The highest BCUT2D eigenvalue weighted by atomic mass is 35.5. The van der Waals surface area contributed by atoms with E-state index >= 15 is 0 Å². The van der Waals surface area contributed by atoms with Crippen molar-refractivity contribution in [3.63, 3.8) is 0 Å². The lowest BCUT2D eigenvalue weighted by atomic mass is 9.42. The molecule has 102 valence electrons. The van der Waals surface area contributed by atoms with Crippen molar-refractivity contribution in [2.24, 2.45) is 5.41 Å². The minimum atomic E-state index is 0.459. The molecular formula is C16H19ClS2. The molecule has 1 aromatic carbocycles. The first-order chi connectivity index (χ1) is 9.06. The first-order valence-corrected chi connectivity index (χ1v) is 8.66. The molecule has 0 nitrogen and oxygen atoms in total. The number of hydrogen-bond acceptors (Lipinski definition) is 2. The Morgan fingerprint density at radius 2 is 1.89 bits per heavy atom. The lowest BCUT2D eigenvalue weighted by Gasteiger charge is -2.71. The van der Waals surface area contributed by atoms with E-state index in [2.05, 4.69) is 30.8 Å². The maximum Gasteiger partial charge on any atom is 0.111 e. The molecule has 3 fully saturated rings. The standard InChI is InChI=1S/C16H19ClS2/c1-2-3-8-15-9-16(10-15,11-15)19-13-6-4-12(5-7-13)14(17)18/h4-7H,2-3,8-11H2,1H3. The van der Waals surface area contributed by atoms with Gasteiger partial charge in [0.15, 0.2) is 0 Å². The molecular weight excluding hydrogens is 292 g/mol. The minimum Gasteiger partial charge on any atom is -0.119 e. The Morgan fingerprint density at radius 3 is 2.42 bits per heavy atom. The van der Waals surface area contributed by atoms with Crippen molar-refractivity contribution in [3.8, 4) is 0 Å². The van der Waals surface area contributed by atoms with Crippen molar-refractivity contribution < 1.29 is 0 Å². The maximum atomic E-state index is 5.83. The summed E-state index contributed by atoms with van der Waals surface area (Å²) in [4.78, 5) is 1.36. The van der Waals surface area contributed by atoms with Gasteiger partial charge in [0.25, 0.3) is 0 Å². The predicted molar refractivity (Wildman–Crippen MR) is 88.4 cm³/mol. The first kappa shape index (κ1) is 13.9. The van der Waals surface area contributed by atoms with E-state index in [1.54, 1.807) is 0 Å². The van der Waals surface area contributed by atoms with Crippen molar-refractivity contribution in [3.05, 3.63) is 29.8 Å². The van der Waals surface area contributed by atoms with Gasteiger partial charge in [0, 0.05) is 15.2 Å². The summed E-state index contributed by atoms with van der Waals surface area (Å²) in [7, 11) is 0. The third kappa shape index (κ3) is 2.59. The number of thiocarbonyl (C=S) groups is 1. The highest BCUT2D eigenvalue weighted by Crippen LogP contribution is 2.75. The lowest BCUT2D eigenvalue weighted by molar-refractivity contribution is -0.0825. The lowest BCUT2D eigenvalue weighted by Crippen LogP contribution is -2.64. The van der Waals surface area contributed by atoms with Gasteiger partial charge in [0.2, 0.25) is 0 Å². The third-order valence-corrected chi connectivity index (χ3v) is 6.40. The van der Waals surface area contributed by atoms with Crippen LogP contribution in [0.3, 0.4) is 0 Å². The molecule has 0 saturated heterocycles. The first-order valence-electron chi connectivity index (χ1n) is 7.05. The summed E-state index contributed by atoms with van der Waals surface area (Å²) < 4.78 is 1.03. The van der Waals surface area contributed by atoms with Gasteiger partial charge in [0.05, 0.1) is 0 Å². The summed E-state index contributed by atoms with van der Waals surface area (Å²) in [5.41, 5.74) is 1.69. The Morgan fingerprint density at radius 1 is 1.26 bits per heavy atom. The fraction of sp³-hybridized carbons (Fsp3) is 0.562. The van der Waals surface area contributed by atoms with Gasteiger partial charge >= 0.3 is 0 Å². The van der Waals surface area contributed by atoms with Crippen LogP contribution in [0.2, 0.25) is 0 Å². The number of thioether (sulfide) groups is 1. The number of halogens is 1. The topological polar surface area (TPSA) is 0 Å². The molecule has 0 amide bonds. The fourth-order valence-corrected chi connectivity index (χ4v) is 5.89.